The van der Waals surface area contributed by atoms with Crippen molar-refractivity contribution >= 4 is 0 Å². The minimum Gasteiger partial charge on any atom is -0.494 e. The van der Waals surface area contributed by atoms with Crippen molar-refractivity contribution in [2.24, 2.45) is 0 Å². The molecule has 5 nitrogen and oxygen atoms in total. The number of aromatic amines is 1. The zero-order valence-corrected chi connectivity index (χ0v) is 12.3. The molecule has 2 rings (SSSR count). The van der Waals surface area contributed by atoms with Crippen LogP contribution < -0.4 is 4.74 Å². The topological polar surface area (TPSA) is 54.0 Å². The third-order valence-electron chi connectivity index (χ3n) is 3.32. The summed E-state index contributed by atoms with van der Waals surface area (Å²) in [7, 11) is 2.08. The van der Waals surface area contributed by atoms with Crippen LogP contribution in [0.2, 0.25) is 0 Å². The standard InChI is InChI=1S/C15H22N4O/c1-12(15-16-13(2)17-18-15)19(3)10-7-11-20-14-8-5-4-6-9-14/h4-6,8-9,12H,7,10-11H2,1-3H3,(H,16,17,18). The van der Waals surface area contributed by atoms with E-state index in [1.54, 1.807) is 0 Å². The average Bonchev–Trinajstić information content (AvgIpc) is 2.90. The summed E-state index contributed by atoms with van der Waals surface area (Å²) in [6.07, 6.45) is 0.971. The molecule has 108 valence electrons. The van der Waals surface area contributed by atoms with E-state index in [2.05, 4.69) is 34.1 Å². The van der Waals surface area contributed by atoms with E-state index < -0.39 is 0 Å². The van der Waals surface area contributed by atoms with Gasteiger partial charge < -0.3 is 4.74 Å². The number of ether oxygens (including phenoxy) is 1. The van der Waals surface area contributed by atoms with Gasteiger partial charge in [-0.3, -0.25) is 10.00 Å². The largest absolute Gasteiger partial charge is 0.494 e. The van der Waals surface area contributed by atoms with Gasteiger partial charge in [0, 0.05) is 6.54 Å². The van der Waals surface area contributed by atoms with Crippen molar-refractivity contribution in [3.8, 4) is 5.75 Å². The molecule has 0 saturated carbocycles. The molecule has 0 spiro atoms. The van der Waals surface area contributed by atoms with Gasteiger partial charge in [0.2, 0.25) is 0 Å². The minimum atomic E-state index is 0.205. The van der Waals surface area contributed by atoms with Gasteiger partial charge in [-0.25, -0.2) is 4.98 Å². The Bertz CT molecular complexity index is 512. The lowest BCUT2D eigenvalue weighted by molar-refractivity contribution is 0.220. The van der Waals surface area contributed by atoms with Crippen LogP contribution in [0.15, 0.2) is 30.3 Å². The molecule has 1 aromatic carbocycles. The molecule has 0 aliphatic carbocycles. The summed E-state index contributed by atoms with van der Waals surface area (Å²) in [6.45, 7) is 5.69. The van der Waals surface area contributed by atoms with E-state index in [-0.39, 0.29) is 6.04 Å². The number of aromatic nitrogens is 3. The van der Waals surface area contributed by atoms with Gasteiger partial charge in [0.1, 0.15) is 11.6 Å². The van der Waals surface area contributed by atoms with Crippen LogP contribution in [0.25, 0.3) is 0 Å². The lowest BCUT2D eigenvalue weighted by Crippen LogP contribution is -2.25. The highest BCUT2D eigenvalue weighted by Crippen LogP contribution is 2.14. The van der Waals surface area contributed by atoms with Crippen molar-refractivity contribution in [1.82, 2.24) is 20.1 Å². The lowest BCUT2D eigenvalue weighted by atomic mass is 10.2. The van der Waals surface area contributed by atoms with Gasteiger partial charge in [0.25, 0.3) is 0 Å². The first-order valence-corrected chi connectivity index (χ1v) is 6.94. The molecule has 1 aromatic heterocycles. The number of hydrogen-bond donors (Lipinski definition) is 1. The van der Waals surface area contributed by atoms with Crippen LogP contribution in [0.1, 0.15) is 31.0 Å². The maximum absolute atomic E-state index is 5.68. The van der Waals surface area contributed by atoms with Gasteiger partial charge in [0.15, 0.2) is 5.82 Å². The Morgan fingerprint density at radius 3 is 2.70 bits per heavy atom. The highest BCUT2D eigenvalue weighted by Gasteiger charge is 2.15. The van der Waals surface area contributed by atoms with Crippen molar-refractivity contribution in [2.75, 3.05) is 20.2 Å². The van der Waals surface area contributed by atoms with Gasteiger partial charge >= 0.3 is 0 Å². The number of nitrogens with one attached hydrogen (secondary N) is 1. The summed E-state index contributed by atoms with van der Waals surface area (Å²) in [4.78, 5) is 6.60. The van der Waals surface area contributed by atoms with Crippen LogP contribution in [-0.2, 0) is 0 Å². The van der Waals surface area contributed by atoms with Gasteiger partial charge in [0.05, 0.1) is 12.6 Å². The monoisotopic (exact) mass is 274 g/mol. The van der Waals surface area contributed by atoms with E-state index in [0.717, 1.165) is 30.4 Å². The van der Waals surface area contributed by atoms with Gasteiger partial charge in [-0.2, -0.15) is 5.10 Å². The summed E-state index contributed by atoms with van der Waals surface area (Å²) in [5.41, 5.74) is 0. The van der Waals surface area contributed by atoms with Crippen LogP contribution in [0, 0.1) is 6.92 Å². The molecule has 20 heavy (non-hydrogen) atoms. The summed E-state index contributed by atoms with van der Waals surface area (Å²) in [5.74, 6) is 2.62. The summed E-state index contributed by atoms with van der Waals surface area (Å²) in [5, 5.41) is 7.08. The van der Waals surface area contributed by atoms with Crippen LogP contribution in [0.5, 0.6) is 5.75 Å². The first-order chi connectivity index (χ1) is 9.66. The van der Waals surface area contributed by atoms with Crippen LogP contribution in [0.4, 0.5) is 0 Å². The van der Waals surface area contributed by atoms with Crippen molar-refractivity contribution in [2.45, 2.75) is 26.3 Å². The van der Waals surface area contributed by atoms with E-state index in [1.807, 2.05) is 37.3 Å². The fourth-order valence-corrected chi connectivity index (χ4v) is 1.96. The normalized spacial score (nSPS) is 12.6. The zero-order valence-electron chi connectivity index (χ0n) is 12.3. The van der Waals surface area contributed by atoms with Crippen LogP contribution in [-0.4, -0.2) is 40.3 Å². The van der Waals surface area contributed by atoms with Gasteiger partial charge in [-0.1, -0.05) is 18.2 Å². The zero-order chi connectivity index (χ0) is 14.4. The Morgan fingerprint density at radius 2 is 2.05 bits per heavy atom. The maximum atomic E-state index is 5.68. The van der Waals surface area contributed by atoms with Crippen molar-refractivity contribution in [3.63, 3.8) is 0 Å². The van der Waals surface area contributed by atoms with Crippen LogP contribution in [0.3, 0.4) is 0 Å². The average molecular weight is 274 g/mol. The second-order valence-corrected chi connectivity index (χ2v) is 4.95. The summed E-state index contributed by atoms with van der Waals surface area (Å²) in [6, 6.07) is 10.1. The molecular weight excluding hydrogens is 252 g/mol. The molecule has 1 heterocycles. The summed E-state index contributed by atoms with van der Waals surface area (Å²) >= 11 is 0. The minimum absolute atomic E-state index is 0.205. The maximum Gasteiger partial charge on any atom is 0.167 e. The van der Waals surface area contributed by atoms with Crippen molar-refractivity contribution in [3.05, 3.63) is 42.0 Å². The van der Waals surface area contributed by atoms with Crippen molar-refractivity contribution in [1.29, 1.82) is 0 Å². The Morgan fingerprint density at radius 1 is 1.30 bits per heavy atom. The smallest absolute Gasteiger partial charge is 0.167 e. The first kappa shape index (κ1) is 14.5. The van der Waals surface area contributed by atoms with Crippen molar-refractivity contribution < 1.29 is 4.74 Å². The molecule has 0 fully saturated rings. The number of benzene rings is 1. The number of aryl methyl sites for hydroxylation is 1. The third kappa shape index (κ3) is 4.06. The predicted octanol–water partition coefficient (Wildman–Crippen LogP) is 2.58. The molecular formula is C15H22N4O. The van der Waals surface area contributed by atoms with E-state index in [4.69, 9.17) is 4.74 Å². The Hall–Kier alpha value is -1.88. The van der Waals surface area contributed by atoms with E-state index in [9.17, 15) is 0 Å². The second-order valence-electron chi connectivity index (χ2n) is 4.95. The number of nitrogens with zero attached hydrogens (tertiary/aromatic N) is 3. The number of H-pyrrole nitrogens is 1. The molecule has 0 aliphatic rings. The molecule has 2 aromatic rings. The van der Waals surface area contributed by atoms with Gasteiger partial charge in [-0.15, -0.1) is 0 Å². The molecule has 0 amide bonds. The fraction of sp³-hybridized carbons (Fsp3) is 0.467. The third-order valence-corrected chi connectivity index (χ3v) is 3.32. The molecule has 0 saturated heterocycles. The van der Waals surface area contributed by atoms with E-state index in [0.29, 0.717) is 6.61 Å². The van der Waals surface area contributed by atoms with E-state index >= 15 is 0 Å². The Labute approximate surface area is 120 Å². The fourth-order valence-electron chi connectivity index (χ4n) is 1.96. The molecule has 0 aliphatic heterocycles. The Kier molecular flexibility index (Phi) is 5.12. The first-order valence-electron chi connectivity index (χ1n) is 6.94. The molecule has 0 radical (unpaired) electrons. The number of rotatable bonds is 7. The number of hydrogen-bond acceptors (Lipinski definition) is 4. The predicted molar refractivity (Wildman–Crippen MR) is 78.7 cm³/mol. The molecule has 1 N–H and O–H groups in total. The SMILES string of the molecule is Cc1nc(C(C)N(C)CCCOc2ccccc2)n[nH]1. The highest BCUT2D eigenvalue weighted by molar-refractivity contribution is 5.20. The molecule has 0 bridgehead atoms. The van der Waals surface area contributed by atoms with E-state index in [1.165, 1.54) is 0 Å². The lowest BCUT2D eigenvalue weighted by Gasteiger charge is -2.22. The van der Waals surface area contributed by atoms with Gasteiger partial charge in [-0.05, 0) is 39.4 Å². The molecule has 1 atom stereocenters. The van der Waals surface area contributed by atoms with Crippen LogP contribution >= 0.6 is 0 Å². The molecule has 1 unspecified atom stereocenters. The number of para-hydroxylation sites is 1. The molecule has 5 heteroatoms. The Balaban J connectivity index is 1.71. The highest BCUT2D eigenvalue weighted by atomic mass is 16.5. The quantitative estimate of drug-likeness (QED) is 0.788. The second kappa shape index (κ2) is 7.05. The summed E-state index contributed by atoms with van der Waals surface area (Å²) < 4.78 is 5.68.